The van der Waals surface area contributed by atoms with E-state index in [1.807, 2.05) is 0 Å². The summed E-state index contributed by atoms with van der Waals surface area (Å²) in [4.78, 5) is 14.9. The van der Waals surface area contributed by atoms with Gasteiger partial charge in [-0.25, -0.2) is 9.78 Å². The van der Waals surface area contributed by atoms with Crippen molar-refractivity contribution in [2.75, 3.05) is 12.8 Å². The van der Waals surface area contributed by atoms with Gasteiger partial charge in [-0.05, 0) is 18.2 Å². The Balaban J connectivity index is 2.33. The van der Waals surface area contributed by atoms with E-state index < -0.39 is 5.97 Å². The van der Waals surface area contributed by atoms with E-state index >= 15 is 0 Å². The topological polar surface area (TPSA) is 94.7 Å². The van der Waals surface area contributed by atoms with E-state index in [2.05, 4.69) is 4.98 Å². The molecule has 0 fully saturated rings. The normalized spacial score (nSPS) is 9.95. The summed E-state index contributed by atoms with van der Waals surface area (Å²) < 4.78 is 10.5. The van der Waals surface area contributed by atoms with Gasteiger partial charge in [0.2, 0.25) is 5.88 Å². The van der Waals surface area contributed by atoms with Gasteiger partial charge in [-0.2, -0.15) is 0 Å². The summed E-state index contributed by atoms with van der Waals surface area (Å²) in [7, 11) is 1.54. The lowest BCUT2D eigenvalue weighted by molar-refractivity contribution is 0.0697. The van der Waals surface area contributed by atoms with Crippen molar-refractivity contribution < 1.29 is 19.4 Å². The molecule has 0 aliphatic heterocycles. The molecule has 2 rings (SSSR count). The van der Waals surface area contributed by atoms with Crippen molar-refractivity contribution >= 4 is 11.7 Å². The molecule has 19 heavy (non-hydrogen) atoms. The van der Waals surface area contributed by atoms with Gasteiger partial charge < -0.3 is 20.3 Å². The fourth-order valence-electron chi connectivity index (χ4n) is 1.50. The van der Waals surface area contributed by atoms with E-state index in [-0.39, 0.29) is 17.1 Å². The molecule has 3 N–H and O–H groups in total. The first-order chi connectivity index (χ1) is 9.11. The minimum atomic E-state index is -1.13. The number of aromatic nitrogens is 1. The SMILES string of the molecule is COc1cccc(Oc2nccc(C(=O)O)c2N)c1. The molecule has 6 nitrogen and oxygen atoms in total. The minimum absolute atomic E-state index is 0.0159. The molecule has 0 amide bonds. The number of benzene rings is 1. The van der Waals surface area contributed by atoms with Gasteiger partial charge in [0, 0.05) is 12.3 Å². The van der Waals surface area contributed by atoms with Gasteiger partial charge in [-0.3, -0.25) is 0 Å². The molecular formula is C13H12N2O4. The zero-order valence-corrected chi connectivity index (χ0v) is 10.2. The van der Waals surface area contributed by atoms with E-state index in [9.17, 15) is 4.79 Å². The third-order valence-electron chi connectivity index (χ3n) is 2.44. The van der Waals surface area contributed by atoms with Gasteiger partial charge in [-0.1, -0.05) is 6.07 Å². The van der Waals surface area contributed by atoms with Crippen LogP contribution in [-0.4, -0.2) is 23.2 Å². The van der Waals surface area contributed by atoms with Crippen molar-refractivity contribution in [3.63, 3.8) is 0 Å². The molecular weight excluding hydrogens is 248 g/mol. The Morgan fingerprint density at radius 3 is 2.74 bits per heavy atom. The molecule has 98 valence electrons. The second-order valence-electron chi connectivity index (χ2n) is 3.66. The van der Waals surface area contributed by atoms with Crippen LogP contribution in [0.3, 0.4) is 0 Å². The Morgan fingerprint density at radius 2 is 2.05 bits per heavy atom. The van der Waals surface area contributed by atoms with Crippen LogP contribution < -0.4 is 15.2 Å². The standard InChI is InChI=1S/C13H12N2O4/c1-18-8-3-2-4-9(7-8)19-12-11(14)10(13(16)17)5-6-15-12/h2-7H,14H2,1H3,(H,16,17). The van der Waals surface area contributed by atoms with Crippen LogP contribution in [0.2, 0.25) is 0 Å². The molecule has 1 aromatic carbocycles. The van der Waals surface area contributed by atoms with Crippen molar-refractivity contribution in [2.45, 2.75) is 0 Å². The van der Waals surface area contributed by atoms with Crippen molar-refractivity contribution in [1.82, 2.24) is 4.98 Å². The van der Waals surface area contributed by atoms with Crippen LogP contribution in [0.25, 0.3) is 0 Å². The summed E-state index contributed by atoms with van der Waals surface area (Å²) in [5, 5.41) is 8.96. The fourth-order valence-corrected chi connectivity index (χ4v) is 1.50. The quantitative estimate of drug-likeness (QED) is 0.874. The molecule has 1 heterocycles. The zero-order valence-electron chi connectivity index (χ0n) is 10.2. The van der Waals surface area contributed by atoms with Crippen LogP contribution in [0.1, 0.15) is 10.4 Å². The number of rotatable bonds is 4. The molecule has 0 unspecified atom stereocenters. The van der Waals surface area contributed by atoms with E-state index in [0.717, 1.165) is 0 Å². The Labute approximate surface area is 109 Å². The predicted molar refractivity (Wildman–Crippen MR) is 68.7 cm³/mol. The number of anilines is 1. The number of nitrogens with two attached hydrogens (primary N) is 1. The maximum atomic E-state index is 10.9. The van der Waals surface area contributed by atoms with Crippen molar-refractivity contribution in [1.29, 1.82) is 0 Å². The Bertz CT molecular complexity index is 613. The molecule has 0 saturated carbocycles. The summed E-state index contributed by atoms with van der Waals surface area (Å²) in [5.41, 5.74) is 5.64. The summed E-state index contributed by atoms with van der Waals surface area (Å²) in [6.45, 7) is 0. The van der Waals surface area contributed by atoms with Gasteiger partial charge in [-0.15, -0.1) is 0 Å². The molecule has 0 radical (unpaired) electrons. The minimum Gasteiger partial charge on any atom is -0.497 e. The number of carbonyl (C=O) groups is 1. The first-order valence-electron chi connectivity index (χ1n) is 5.41. The van der Waals surface area contributed by atoms with E-state index in [0.29, 0.717) is 11.5 Å². The highest BCUT2D eigenvalue weighted by molar-refractivity contribution is 5.94. The Hall–Kier alpha value is -2.76. The van der Waals surface area contributed by atoms with Crippen LogP contribution in [0.5, 0.6) is 17.4 Å². The summed E-state index contributed by atoms with van der Waals surface area (Å²) in [6, 6.07) is 8.16. The highest BCUT2D eigenvalue weighted by atomic mass is 16.5. The number of nitrogen functional groups attached to an aromatic ring is 1. The van der Waals surface area contributed by atoms with Gasteiger partial charge >= 0.3 is 5.97 Å². The Kier molecular flexibility index (Phi) is 3.51. The summed E-state index contributed by atoms with van der Waals surface area (Å²) in [6.07, 6.45) is 1.33. The average Bonchev–Trinajstić information content (AvgIpc) is 2.41. The largest absolute Gasteiger partial charge is 0.497 e. The molecule has 6 heteroatoms. The molecule has 0 atom stereocenters. The monoisotopic (exact) mass is 260 g/mol. The molecule has 0 spiro atoms. The van der Waals surface area contributed by atoms with Crippen molar-refractivity contribution in [3.05, 3.63) is 42.1 Å². The summed E-state index contributed by atoms with van der Waals surface area (Å²) in [5.74, 6) is -0.00454. The first kappa shape index (κ1) is 12.7. The number of carboxylic acid groups (broad SMARTS) is 1. The number of hydrogen-bond acceptors (Lipinski definition) is 5. The molecule has 1 aromatic heterocycles. The van der Waals surface area contributed by atoms with E-state index in [1.165, 1.54) is 19.4 Å². The maximum Gasteiger partial charge on any atom is 0.338 e. The third kappa shape index (κ3) is 2.74. The van der Waals surface area contributed by atoms with Crippen LogP contribution >= 0.6 is 0 Å². The summed E-state index contributed by atoms with van der Waals surface area (Å²) >= 11 is 0. The number of nitrogens with zero attached hydrogens (tertiary/aromatic N) is 1. The Morgan fingerprint density at radius 1 is 1.32 bits per heavy atom. The highest BCUT2D eigenvalue weighted by Crippen LogP contribution is 2.29. The van der Waals surface area contributed by atoms with Gasteiger partial charge in [0.1, 0.15) is 17.2 Å². The molecule has 0 aliphatic rings. The van der Waals surface area contributed by atoms with Crippen molar-refractivity contribution in [3.8, 4) is 17.4 Å². The molecule has 0 saturated heterocycles. The maximum absolute atomic E-state index is 10.9. The zero-order chi connectivity index (χ0) is 13.8. The lowest BCUT2D eigenvalue weighted by atomic mass is 10.2. The second kappa shape index (κ2) is 5.26. The van der Waals surface area contributed by atoms with Gasteiger partial charge in [0.05, 0.1) is 12.7 Å². The van der Waals surface area contributed by atoms with Crippen LogP contribution in [0, 0.1) is 0 Å². The van der Waals surface area contributed by atoms with Crippen LogP contribution in [0.15, 0.2) is 36.5 Å². The van der Waals surface area contributed by atoms with Crippen LogP contribution in [0.4, 0.5) is 5.69 Å². The van der Waals surface area contributed by atoms with Gasteiger partial charge in [0.25, 0.3) is 0 Å². The number of pyridine rings is 1. The first-order valence-corrected chi connectivity index (χ1v) is 5.41. The number of ether oxygens (including phenoxy) is 2. The highest BCUT2D eigenvalue weighted by Gasteiger charge is 2.14. The van der Waals surface area contributed by atoms with Gasteiger partial charge in [0.15, 0.2) is 0 Å². The molecule has 0 bridgehead atoms. The van der Waals surface area contributed by atoms with E-state index in [1.54, 1.807) is 24.3 Å². The smallest absolute Gasteiger partial charge is 0.338 e. The number of methoxy groups -OCH3 is 1. The number of carboxylic acids is 1. The van der Waals surface area contributed by atoms with Crippen molar-refractivity contribution in [2.24, 2.45) is 0 Å². The van der Waals surface area contributed by atoms with E-state index in [4.69, 9.17) is 20.3 Å². The predicted octanol–water partition coefficient (Wildman–Crippen LogP) is 2.16. The lowest BCUT2D eigenvalue weighted by Gasteiger charge is -2.09. The second-order valence-corrected chi connectivity index (χ2v) is 3.66. The number of aromatic carboxylic acids is 1. The fraction of sp³-hybridized carbons (Fsp3) is 0.0769. The molecule has 0 aliphatic carbocycles. The van der Waals surface area contributed by atoms with Crippen LogP contribution in [-0.2, 0) is 0 Å². The lowest BCUT2D eigenvalue weighted by Crippen LogP contribution is -2.05. The third-order valence-corrected chi connectivity index (χ3v) is 2.44. The molecule has 2 aromatic rings. The average molecular weight is 260 g/mol. The number of hydrogen-bond donors (Lipinski definition) is 2.